The Morgan fingerprint density at radius 3 is 2.41 bits per heavy atom. The number of carbonyl (C=O) groups is 2. The number of anilines is 3. The lowest BCUT2D eigenvalue weighted by molar-refractivity contribution is 0.0664. The van der Waals surface area contributed by atoms with Gasteiger partial charge < -0.3 is 20.4 Å². The molecule has 0 aliphatic carbocycles. The van der Waals surface area contributed by atoms with Crippen molar-refractivity contribution in [2.24, 2.45) is 0 Å². The summed E-state index contributed by atoms with van der Waals surface area (Å²) in [6.45, 7) is 7.15. The van der Waals surface area contributed by atoms with Gasteiger partial charge in [-0.2, -0.15) is 0 Å². The van der Waals surface area contributed by atoms with E-state index in [1.807, 2.05) is 83.3 Å². The fourth-order valence-electron chi connectivity index (χ4n) is 4.97. The van der Waals surface area contributed by atoms with Crippen molar-refractivity contribution in [1.82, 2.24) is 24.2 Å². The van der Waals surface area contributed by atoms with Crippen LogP contribution in [0.5, 0.6) is 0 Å². The van der Waals surface area contributed by atoms with E-state index >= 15 is 0 Å². The molecule has 0 bridgehead atoms. The standard InChI is InChI=1S/C31H31N7O2S/c1-20-6-4-5-7-25(20)34-29(39)22-8-10-24(11-9-22)33-31-35-26(19-41-31)28-21(2)32-27-18-23(12-13-38(27)28)30(40)37-16-14-36(3)15-17-37/h4-13,18-19H,14-17H2,1-3H3,(H,33,35)(H,34,39). The van der Waals surface area contributed by atoms with E-state index in [0.717, 1.165) is 71.0 Å². The molecule has 10 heteroatoms. The SMILES string of the molecule is Cc1ccccc1NC(=O)c1ccc(Nc2nc(-c3c(C)nc4cc(C(=O)N5CCN(C)CC5)ccn34)cs2)cc1. The second-order valence-electron chi connectivity index (χ2n) is 10.3. The van der Waals surface area contributed by atoms with Crippen molar-refractivity contribution in [1.29, 1.82) is 0 Å². The van der Waals surface area contributed by atoms with Crippen LogP contribution in [-0.4, -0.2) is 69.2 Å². The zero-order valence-corrected chi connectivity index (χ0v) is 24.0. The smallest absolute Gasteiger partial charge is 0.255 e. The minimum Gasteiger partial charge on any atom is -0.336 e. The lowest BCUT2D eigenvalue weighted by atomic mass is 10.1. The molecule has 1 saturated heterocycles. The molecule has 5 aromatic rings. The number of aryl methyl sites for hydroxylation is 2. The third-order valence-electron chi connectivity index (χ3n) is 7.38. The van der Waals surface area contributed by atoms with E-state index in [1.165, 1.54) is 11.3 Å². The highest BCUT2D eigenvalue weighted by molar-refractivity contribution is 7.14. The zero-order valence-electron chi connectivity index (χ0n) is 23.2. The number of para-hydroxylation sites is 1. The lowest BCUT2D eigenvalue weighted by Crippen LogP contribution is -2.47. The predicted molar refractivity (Wildman–Crippen MR) is 163 cm³/mol. The van der Waals surface area contributed by atoms with Crippen LogP contribution in [0.3, 0.4) is 0 Å². The molecule has 1 fully saturated rings. The maximum atomic E-state index is 13.1. The van der Waals surface area contributed by atoms with Crippen LogP contribution >= 0.6 is 11.3 Å². The Bertz CT molecular complexity index is 1730. The molecule has 0 saturated carbocycles. The average Bonchev–Trinajstić information content (AvgIpc) is 3.56. The number of piperazine rings is 1. The molecule has 0 radical (unpaired) electrons. The van der Waals surface area contributed by atoms with Crippen molar-refractivity contribution in [2.75, 3.05) is 43.9 Å². The highest BCUT2D eigenvalue weighted by atomic mass is 32.1. The van der Waals surface area contributed by atoms with Gasteiger partial charge in [0, 0.05) is 60.3 Å². The quantitative estimate of drug-likeness (QED) is 0.284. The molecule has 2 aromatic carbocycles. The third kappa shape index (κ3) is 5.57. The van der Waals surface area contributed by atoms with Crippen LogP contribution in [0.2, 0.25) is 0 Å². The Labute approximate surface area is 242 Å². The molecule has 1 aliphatic rings. The van der Waals surface area contributed by atoms with Crippen molar-refractivity contribution < 1.29 is 9.59 Å². The maximum Gasteiger partial charge on any atom is 0.255 e. The van der Waals surface area contributed by atoms with Gasteiger partial charge in [-0.1, -0.05) is 18.2 Å². The van der Waals surface area contributed by atoms with Gasteiger partial charge in [0.1, 0.15) is 11.3 Å². The lowest BCUT2D eigenvalue weighted by Gasteiger charge is -2.32. The van der Waals surface area contributed by atoms with Crippen LogP contribution in [0.4, 0.5) is 16.5 Å². The number of aromatic nitrogens is 3. The summed E-state index contributed by atoms with van der Waals surface area (Å²) in [6, 6.07) is 18.7. The number of nitrogens with zero attached hydrogens (tertiary/aromatic N) is 5. The number of amides is 2. The fraction of sp³-hybridized carbons (Fsp3) is 0.226. The summed E-state index contributed by atoms with van der Waals surface area (Å²) in [5.41, 5.74) is 7.13. The van der Waals surface area contributed by atoms with Gasteiger partial charge in [-0.25, -0.2) is 9.97 Å². The molecule has 1 aliphatic heterocycles. The van der Waals surface area contributed by atoms with Gasteiger partial charge in [0.2, 0.25) is 0 Å². The molecule has 0 atom stereocenters. The Balaban J connectivity index is 1.15. The Morgan fingerprint density at radius 1 is 0.902 bits per heavy atom. The minimum absolute atomic E-state index is 0.0432. The molecule has 0 spiro atoms. The normalized spacial score (nSPS) is 13.9. The summed E-state index contributed by atoms with van der Waals surface area (Å²) in [6.07, 6.45) is 1.90. The van der Waals surface area contributed by atoms with E-state index in [0.29, 0.717) is 11.1 Å². The van der Waals surface area contributed by atoms with E-state index in [-0.39, 0.29) is 11.8 Å². The number of rotatable bonds is 6. The number of thiazole rings is 1. The largest absolute Gasteiger partial charge is 0.336 e. The molecule has 0 unspecified atom stereocenters. The molecular formula is C31H31N7O2S. The van der Waals surface area contributed by atoms with Crippen molar-refractivity contribution in [3.63, 3.8) is 0 Å². The molecule has 208 valence electrons. The molecule has 2 amide bonds. The number of imidazole rings is 1. The molecule has 6 rings (SSSR count). The number of fused-ring (bicyclic) bond motifs is 1. The molecule has 2 N–H and O–H groups in total. The van der Waals surface area contributed by atoms with Gasteiger partial charge in [0.25, 0.3) is 11.8 Å². The van der Waals surface area contributed by atoms with Crippen molar-refractivity contribution in [3.8, 4) is 11.4 Å². The monoisotopic (exact) mass is 565 g/mol. The van der Waals surface area contributed by atoms with Gasteiger partial charge in [-0.05, 0) is 68.9 Å². The summed E-state index contributed by atoms with van der Waals surface area (Å²) in [4.78, 5) is 39.4. The minimum atomic E-state index is -0.154. The van der Waals surface area contributed by atoms with Crippen LogP contribution in [0.1, 0.15) is 32.0 Å². The number of pyridine rings is 1. The predicted octanol–water partition coefficient (Wildman–Crippen LogP) is 5.46. The van der Waals surface area contributed by atoms with E-state index in [2.05, 4.69) is 22.6 Å². The number of hydrogen-bond donors (Lipinski definition) is 2. The van der Waals surface area contributed by atoms with Crippen LogP contribution < -0.4 is 10.6 Å². The van der Waals surface area contributed by atoms with E-state index in [4.69, 9.17) is 9.97 Å². The molecular weight excluding hydrogens is 534 g/mol. The summed E-state index contributed by atoms with van der Waals surface area (Å²) in [5.74, 6) is -0.111. The van der Waals surface area contributed by atoms with Gasteiger partial charge in [0.05, 0.1) is 11.4 Å². The first-order chi connectivity index (χ1) is 19.9. The number of nitrogens with one attached hydrogen (secondary N) is 2. The highest BCUT2D eigenvalue weighted by Gasteiger charge is 2.22. The summed E-state index contributed by atoms with van der Waals surface area (Å²) >= 11 is 1.49. The first-order valence-corrected chi connectivity index (χ1v) is 14.4. The number of hydrogen-bond acceptors (Lipinski definition) is 7. The van der Waals surface area contributed by atoms with Crippen LogP contribution in [-0.2, 0) is 0 Å². The second kappa shape index (κ2) is 11.1. The van der Waals surface area contributed by atoms with Crippen molar-refractivity contribution in [3.05, 3.63) is 94.6 Å². The first kappa shape index (κ1) is 26.7. The van der Waals surface area contributed by atoms with Gasteiger partial charge in [-0.15, -0.1) is 11.3 Å². The van der Waals surface area contributed by atoms with Gasteiger partial charge in [-0.3, -0.25) is 14.0 Å². The molecule has 41 heavy (non-hydrogen) atoms. The zero-order chi connectivity index (χ0) is 28.5. The van der Waals surface area contributed by atoms with E-state index in [9.17, 15) is 9.59 Å². The summed E-state index contributed by atoms with van der Waals surface area (Å²) in [7, 11) is 2.08. The summed E-state index contributed by atoms with van der Waals surface area (Å²) in [5, 5.41) is 9.02. The van der Waals surface area contributed by atoms with Crippen molar-refractivity contribution >= 4 is 45.3 Å². The summed E-state index contributed by atoms with van der Waals surface area (Å²) < 4.78 is 1.98. The highest BCUT2D eigenvalue weighted by Crippen LogP contribution is 2.30. The van der Waals surface area contributed by atoms with Gasteiger partial charge >= 0.3 is 0 Å². The van der Waals surface area contributed by atoms with Crippen molar-refractivity contribution in [2.45, 2.75) is 13.8 Å². The topological polar surface area (TPSA) is 94.9 Å². The fourth-order valence-corrected chi connectivity index (χ4v) is 5.69. The number of likely N-dealkylation sites (N-methyl/N-ethyl adjacent to an activating group) is 1. The Kier molecular flexibility index (Phi) is 7.25. The maximum absolute atomic E-state index is 13.1. The third-order valence-corrected chi connectivity index (χ3v) is 8.13. The van der Waals surface area contributed by atoms with E-state index in [1.54, 1.807) is 12.1 Å². The molecule has 3 aromatic heterocycles. The van der Waals surface area contributed by atoms with Crippen LogP contribution in [0.25, 0.3) is 17.0 Å². The number of carbonyl (C=O) groups excluding carboxylic acids is 2. The average molecular weight is 566 g/mol. The molecule has 4 heterocycles. The van der Waals surface area contributed by atoms with E-state index < -0.39 is 0 Å². The Hall–Kier alpha value is -4.54. The molecule has 9 nitrogen and oxygen atoms in total. The number of benzene rings is 2. The first-order valence-electron chi connectivity index (χ1n) is 13.5. The van der Waals surface area contributed by atoms with Gasteiger partial charge in [0.15, 0.2) is 5.13 Å². The van der Waals surface area contributed by atoms with Crippen LogP contribution in [0, 0.1) is 13.8 Å². The Morgan fingerprint density at radius 2 is 1.66 bits per heavy atom. The van der Waals surface area contributed by atoms with Crippen LogP contribution in [0.15, 0.2) is 72.2 Å². The second-order valence-corrected chi connectivity index (χ2v) is 11.2.